The molecule has 0 bridgehead atoms. The Morgan fingerprint density at radius 3 is 2.76 bits per heavy atom. The number of hydrogen-bond donors (Lipinski definition) is 2. The monoisotopic (exact) mass is 627 g/mol. The van der Waals surface area contributed by atoms with Gasteiger partial charge >= 0.3 is 0 Å². The molecule has 208 valence electrons. The number of nitrogens with one attached hydrogen (secondary N) is 1. The van der Waals surface area contributed by atoms with Crippen molar-refractivity contribution in [2.75, 3.05) is 19.6 Å². The van der Waals surface area contributed by atoms with Crippen LogP contribution in [0.15, 0.2) is 46.5 Å². The second-order valence-corrected chi connectivity index (χ2v) is 13.0. The molecule has 7 nitrogen and oxygen atoms in total. The van der Waals surface area contributed by atoms with Crippen LogP contribution in [0.25, 0.3) is 43.7 Å². The molecule has 2 N–H and O–H groups in total. The Balaban J connectivity index is 1.44. The van der Waals surface area contributed by atoms with Gasteiger partial charge in [0.1, 0.15) is 0 Å². The predicted octanol–water partition coefficient (Wildman–Crippen LogP) is 7.11. The molecular weight excluding hydrogens is 598 g/mol. The van der Waals surface area contributed by atoms with E-state index in [4.69, 9.17) is 5.10 Å². The van der Waals surface area contributed by atoms with Gasteiger partial charge in [0.25, 0.3) is 0 Å². The number of H-pyrrole nitrogens is 1. The number of ketones is 1. The lowest BCUT2D eigenvalue weighted by Crippen LogP contribution is -2.24. The Morgan fingerprint density at radius 1 is 1.12 bits per heavy atom. The van der Waals surface area contributed by atoms with Crippen molar-refractivity contribution < 1.29 is 9.90 Å². The number of rotatable bonds is 6. The Labute approximate surface area is 249 Å². The molecule has 2 aromatic carbocycles. The van der Waals surface area contributed by atoms with E-state index in [2.05, 4.69) is 55.6 Å². The third kappa shape index (κ3) is 3.78. The fourth-order valence-corrected chi connectivity index (χ4v) is 8.60. The zero-order valence-corrected chi connectivity index (χ0v) is 25.2. The van der Waals surface area contributed by atoms with Gasteiger partial charge in [-0.2, -0.15) is 5.10 Å². The van der Waals surface area contributed by atoms with Crippen molar-refractivity contribution in [3.63, 3.8) is 0 Å². The minimum Gasteiger partial charge on any atom is -0.494 e. The van der Waals surface area contributed by atoms with E-state index in [0.717, 1.165) is 93.9 Å². The first-order valence-corrected chi connectivity index (χ1v) is 16.1. The standard InChI is InChI=1S/C32H30BrN5O2S/c1-2-37-17-22-24(35-37)7-6-19-26(22)28-21(16-34-32(28)40)27-20-15-18(30(39)31-23(33)9-14-41-31)5-8-25(20)38(29(19)27)13-12-36-10-3-4-11-36/h5,8-9,14-17,34,40H,2-4,6-7,10-13H2,1H3. The van der Waals surface area contributed by atoms with Gasteiger partial charge in [0.15, 0.2) is 5.88 Å². The number of halogens is 1. The van der Waals surface area contributed by atoms with Crippen LogP contribution in [0.2, 0.25) is 0 Å². The van der Waals surface area contributed by atoms with Gasteiger partial charge in [0.2, 0.25) is 5.78 Å². The van der Waals surface area contributed by atoms with Gasteiger partial charge in [0, 0.05) is 74.9 Å². The van der Waals surface area contributed by atoms with Crippen LogP contribution in [0.5, 0.6) is 5.88 Å². The van der Waals surface area contributed by atoms with Crippen LogP contribution in [0.1, 0.15) is 46.3 Å². The first-order valence-electron chi connectivity index (χ1n) is 14.4. The molecule has 0 spiro atoms. The van der Waals surface area contributed by atoms with Crippen molar-refractivity contribution >= 4 is 65.6 Å². The number of benzene rings is 2. The van der Waals surface area contributed by atoms with Gasteiger partial charge in [-0.05, 0) is 96.8 Å². The summed E-state index contributed by atoms with van der Waals surface area (Å²) in [6.45, 7) is 7.08. The predicted molar refractivity (Wildman–Crippen MR) is 168 cm³/mol. The molecule has 1 fully saturated rings. The van der Waals surface area contributed by atoms with Crippen molar-refractivity contribution in [3.8, 4) is 17.0 Å². The molecule has 1 aliphatic heterocycles. The molecule has 8 rings (SSSR count). The molecule has 1 saturated heterocycles. The Kier molecular flexibility index (Phi) is 5.91. The first-order chi connectivity index (χ1) is 20.0. The highest BCUT2D eigenvalue weighted by atomic mass is 79.9. The third-order valence-electron chi connectivity index (χ3n) is 9.00. The lowest BCUT2D eigenvalue weighted by atomic mass is 9.85. The zero-order chi connectivity index (χ0) is 27.8. The molecule has 9 heteroatoms. The summed E-state index contributed by atoms with van der Waals surface area (Å²) in [7, 11) is 0. The van der Waals surface area contributed by atoms with E-state index in [-0.39, 0.29) is 11.7 Å². The number of nitrogens with zero attached hydrogens (tertiary/aromatic N) is 4. The molecule has 0 unspecified atom stereocenters. The lowest BCUT2D eigenvalue weighted by molar-refractivity contribution is 0.104. The first kappa shape index (κ1) is 25.3. The second kappa shape index (κ2) is 9.58. The molecule has 4 aromatic heterocycles. The van der Waals surface area contributed by atoms with E-state index >= 15 is 0 Å². The highest BCUT2D eigenvalue weighted by Gasteiger charge is 2.30. The number of aromatic amines is 1. The van der Waals surface area contributed by atoms with Gasteiger partial charge in [-0.3, -0.25) is 9.48 Å². The van der Waals surface area contributed by atoms with Crippen molar-refractivity contribution in [1.29, 1.82) is 0 Å². The summed E-state index contributed by atoms with van der Waals surface area (Å²) in [6.07, 6.45) is 8.32. The topological polar surface area (TPSA) is 79.1 Å². The van der Waals surface area contributed by atoms with E-state index < -0.39 is 0 Å². The van der Waals surface area contributed by atoms with Gasteiger partial charge in [-0.15, -0.1) is 11.3 Å². The maximum atomic E-state index is 13.6. The van der Waals surface area contributed by atoms with E-state index in [1.165, 1.54) is 35.3 Å². The fourth-order valence-electron chi connectivity index (χ4n) is 7.08. The van der Waals surface area contributed by atoms with E-state index in [0.29, 0.717) is 10.4 Å². The molecule has 2 aliphatic rings. The molecule has 5 heterocycles. The Morgan fingerprint density at radius 2 is 1.98 bits per heavy atom. The van der Waals surface area contributed by atoms with Crippen molar-refractivity contribution in [2.45, 2.75) is 45.7 Å². The zero-order valence-electron chi connectivity index (χ0n) is 22.8. The average molecular weight is 629 g/mol. The van der Waals surface area contributed by atoms with Crippen LogP contribution in [-0.4, -0.2) is 54.8 Å². The molecular formula is C32H30BrN5O2S. The summed E-state index contributed by atoms with van der Waals surface area (Å²) in [5, 5.41) is 22.0. The number of aromatic hydroxyl groups is 1. The van der Waals surface area contributed by atoms with Crippen molar-refractivity contribution in [1.82, 2.24) is 24.2 Å². The van der Waals surface area contributed by atoms with Crippen molar-refractivity contribution in [2.24, 2.45) is 0 Å². The quantitative estimate of drug-likeness (QED) is 0.193. The molecule has 0 atom stereocenters. The fraction of sp³-hybridized carbons (Fsp3) is 0.312. The van der Waals surface area contributed by atoms with Crippen LogP contribution in [0.4, 0.5) is 0 Å². The lowest BCUT2D eigenvalue weighted by Gasteiger charge is -2.21. The molecule has 1 aliphatic carbocycles. The summed E-state index contributed by atoms with van der Waals surface area (Å²) in [5.41, 5.74) is 7.59. The summed E-state index contributed by atoms with van der Waals surface area (Å²) in [5.74, 6) is 0.206. The number of likely N-dealkylation sites (tertiary alicyclic amines) is 1. The van der Waals surface area contributed by atoms with Gasteiger partial charge in [-0.25, -0.2) is 0 Å². The highest BCUT2D eigenvalue weighted by Crippen LogP contribution is 2.49. The number of aryl methyl sites for hydroxylation is 3. The highest BCUT2D eigenvalue weighted by molar-refractivity contribution is 9.10. The van der Waals surface area contributed by atoms with E-state index in [9.17, 15) is 9.90 Å². The van der Waals surface area contributed by atoms with Gasteiger partial charge in [0.05, 0.1) is 21.5 Å². The van der Waals surface area contributed by atoms with E-state index in [1.54, 1.807) is 0 Å². The number of aromatic nitrogens is 4. The Bertz CT molecular complexity index is 2010. The van der Waals surface area contributed by atoms with Gasteiger partial charge < -0.3 is 19.6 Å². The van der Waals surface area contributed by atoms with Crippen LogP contribution in [-0.2, 0) is 25.9 Å². The summed E-state index contributed by atoms with van der Waals surface area (Å²) < 4.78 is 5.31. The summed E-state index contributed by atoms with van der Waals surface area (Å²) in [4.78, 5) is 20.0. The normalized spacial score (nSPS) is 15.4. The molecule has 0 saturated carbocycles. The SMILES string of the molecule is CCn1cc2c(n1)CCc1c-2c2c(O)[nH]cc2c2c3cc(C(=O)c4sccc4Br)ccc3n(CCN3CCCC3)c12. The second-order valence-electron chi connectivity index (χ2n) is 11.2. The van der Waals surface area contributed by atoms with Crippen LogP contribution in [0, 0.1) is 0 Å². The van der Waals surface area contributed by atoms with Crippen LogP contribution in [0.3, 0.4) is 0 Å². The maximum Gasteiger partial charge on any atom is 0.204 e. The molecule has 0 radical (unpaired) electrons. The minimum atomic E-state index is 0.0227. The Hall–Kier alpha value is -3.40. The minimum absolute atomic E-state index is 0.0227. The number of fused-ring (bicyclic) bond motifs is 10. The number of thiophene rings is 1. The number of hydrogen-bond acceptors (Lipinski definition) is 5. The third-order valence-corrected chi connectivity index (χ3v) is 10.8. The molecule has 6 aromatic rings. The average Bonchev–Trinajstić information content (AvgIpc) is 3.81. The molecule has 41 heavy (non-hydrogen) atoms. The molecule has 0 amide bonds. The van der Waals surface area contributed by atoms with Crippen molar-refractivity contribution in [3.05, 3.63) is 68.2 Å². The largest absolute Gasteiger partial charge is 0.494 e. The maximum absolute atomic E-state index is 13.6. The van der Waals surface area contributed by atoms with E-state index in [1.807, 2.05) is 28.4 Å². The summed E-state index contributed by atoms with van der Waals surface area (Å²) in [6, 6.07) is 8.09. The van der Waals surface area contributed by atoms with Crippen LogP contribution >= 0.6 is 27.3 Å². The summed E-state index contributed by atoms with van der Waals surface area (Å²) >= 11 is 5.01. The van der Waals surface area contributed by atoms with Crippen LogP contribution < -0.4 is 0 Å². The number of carbonyl (C=O) groups excluding carboxylic acids is 1. The van der Waals surface area contributed by atoms with Gasteiger partial charge in [-0.1, -0.05) is 0 Å². The smallest absolute Gasteiger partial charge is 0.204 e. The number of carbonyl (C=O) groups is 1.